The lowest BCUT2D eigenvalue weighted by Crippen LogP contribution is -2.12. The van der Waals surface area contributed by atoms with Gasteiger partial charge in [0, 0.05) is 6.54 Å². The smallest absolute Gasteiger partial charge is 0.340 e. The molecule has 1 aromatic carbocycles. The van der Waals surface area contributed by atoms with E-state index >= 15 is 0 Å². The van der Waals surface area contributed by atoms with Crippen LogP contribution in [-0.2, 0) is 0 Å². The van der Waals surface area contributed by atoms with Gasteiger partial charge in [-0.3, -0.25) is 0 Å². The summed E-state index contributed by atoms with van der Waals surface area (Å²) in [6.45, 7) is 0.714. The molecule has 1 aromatic rings. The first kappa shape index (κ1) is 10.7. The standard InChI is InChI=1S/C11H13FN2O2/c12-7-3-4-8(14-5-6-1-2-6)9(10(7)13)11(15)16/h3-4,6,14H,1-2,5,13H2,(H,15,16). The summed E-state index contributed by atoms with van der Waals surface area (Å²) < 4.78 is 13.1. The SMILES string of the molecule is Nc1c(F)ccc(NCC2CC2)c1C(=O)O. The maximum Gasteiger partial charge on any atom is 0.340 e. The number of hydrogen-bond donors (Lipinski definition) is 3. The van der Waals surface area contributed by atoms with E-state index in [4.69, 9.17) is 10.8 Å². The maximum atomic E-state index is 13.1. The van der Waals surface area contributed by atoms with Crippen molar-refractivity contribution in [3.05, 3.63) is 23.5 Å². The van der Waals surface area contributed by atoms with Crippen LogP contribution in [0.5, 0.6) is 0 Å². The number of nitrogens with two attached hydrogens (primary N) is 1. The predicted molar refractivity (Wildman–Crippen MR) is 59.0 cm³/mol. The number of nitrogens with one attached hydrogen (secondary N) is 1. The molecule has 0 unspecified atom stereocenters. The predicted octanol–water partition coefficient (Wildman–Crippen LogP) is 1.93. The van der Waals surface area contributed by atoms with E-state index in [1.807, 2.05) is 0 Å². The molecule has 0 radical (unpaired) electrons. The number of hydrogen-bond acceptors (Lipinski definition) is 3. The molecular formula is C11H13FN2O2. The van der Waals surface area contributed by atoms with Crippen LogP contribution in [0.1, 0.15) is 23.2 Å². The molecule has 16 heavy (non-hydrogen) atoms. The fourth-order valence-electron chi connectivity index (χ4n) is 1.55. The molecule has 5 heteroatoms. The first-order valence-electron chi connectivity index (χ1n) is 5.14. The molecule has 0 amide bonds. The van der Waals surface area contributed by atoms with E-state index in [2.05, 4.69) is 5.32 Å². The molecule has 86 valence electrons. The van der Waals surface area contributed by atoms with Crippen LogP contribution in [0.2, 0.25) is 0 Å². The second-order valence-corrected chi connectivity index (χ2v) is 4.01. The highest BCUT2D eigenvalue weighted by atomic mass is 19.1. The summed E-state index contributed by atoms with van der Waals surface area (Å²) in [5.74, 6) is -1.31. The van der Waals surface area contributed by atoms with Crippen molar-refractivity contribution in [1.82, 2.24) is 0 Å². The number of carbonyl (C=O) groups is 1. The van der Waals surface area contributed by atoms with Crippen LogP contribution >= 0.6 is 0 Å². The number of rotatable bonds is 4. The van der Waals surface area contributed by atoms with Crippen molar-refractivity contribution < 1.29 is 14.3 Å². The number of aromatic carboxylic acids is 1. The molecule has 0 atom stereocenters. The summed E-state index contributed by atoms with van der Waals surface area (Å²) in [5, 5.41) is 12.0. The van der Waals surface area contributed by atoms with E-state index < -0.39 is 11.8 Å². The van der Waals surface area contributed by atoms with Gasteiger partial charge in [0.2, 0.25) is 0 Å². The number of nitrogen functional groups attached to an aromatic ring is 1. The van der Waals surface area contributed by atoms with Gasteiger partial charge in [-0.25, -0.2) is 9.18 Å². The lowest BCUT2D eigenvalue weighted by Gasteiger charge is -2.11. The molecule has 4 nitrogen and oxygen atoms in total. The Bertz CT molecular complexity index is 430. The first-order chi connectivity index (χ1) is 7.59. The molecule has 0 spiro atoms. The van der Waals surface area contributed by atoms with Gasteiger partial charge in [-0.1, -0.05) is 0 Å². The van der Waals surface area contributed by atoms with E-state index in [0.717, 1.165) is 12.8 Å². The zero-order valence-corrected chi connectivity index (χ0v) is 8.66. The molecule has 0 bridgehead atoms. The van der Waals surface area contributed by atoms with Crippen LogP contribution in [0.4, 0.5) is 15.8 Å². The second-order valence-electron chi connectivity index (χ2n) is 4.01. The Morgan fingerprint density at radius 1 is 1.56 bits per heavy atom. The maximum absolute atomic E-state index is 13.1. The van der Waals surface area contributed by atoms with Gasteiger partial charge in [0.05, 0.1) is 11.4 Å². The van der Waals surface area contributed by atoms with Crippen molar-refractivity contribution >= 4 is 17.3 Å². The van der Waals surface area contributed by atoms with Gasteiger partial charge in [0.25, 0.3) is 0 Å². The number of carboxylic acids is 1. The zero-order valence-electron chi connectivity index (χ0n) is 8.66. The summed E-state index contributed by atoms with van der Waals surface area (Å²) in [5.41, 5.74) is 5.31. The Morgan fingerprint density at radius 3 is 2.81 bits per heavy atom. The molecule has 0 heterocycles. The third-order valence-electron chi connectivity index (χ3n) is 2.68. The lowest BCUT2D eigenvalue weighted by molar-refractivity contribution is 0.0698. The Hall–Kier alpha value is -1.78. The van der Waals surface area contributed by atoms with Crippen LogP contribution < -0.4 is 11.1 Å². The average Bonchev–Trinajstić information content (AvgIpc) is 3.03. The zero-order chi connectivity index (χ0) is 11.7. The third-order valence-corrected chi connectivity index (χ3v) is 2.68. The van der Waals surface area contributed by atoms with E-state index in [1.54, 1.807) is 0 Å². The molecule has 0 aromatic heterocycles. The van der Waals surface area contributed by atoms with Gasteiger partial charge < -0.3 is 16.2 Å². The third kappa shape index (κ3) is 2.08. The summed E-state index contributed by atoms with van der Waals surface area (Å²) in [4.78, 5) is 11.0. The highest BCUT2D eigenvalue weighted by Gasteiger charge is 2.23. The van der Waals surface area contributed by atoms with Gasteiger partial charge in [-0.15, -0.1) is 0 Å². The number of benzene rings is 1. The Balaban J connectivity index is 2.27. The summed E-state index contributed by atoms with van der Waals surface area (Å²) in [7, 11) is 0. The van der Waals surface area contributed by atoms with Gasteiger partial charge in [0.15, 0.2) is 0 Å². The van der Waals surface area contributed by atoms with Crippen molar-refractivity contribution in [3.8, 4) is 0 Å². The molecule has 4 N–H and O–H groups in total. The summed E-state index contributed by atoms with van der Waals surface area (Å²) >= 11 is 0. The number of anilines is 2. The average molecular weight is 224 g/mol. The molecule has 1 saturated carbocycles. The topological polar surface area (TPSA) is 75.3 Å². The summed E-state index contributed by atoms with van der Waals surface area (Å²) in [6.07, 6.45) is 2.32. The Morgan fingerprint density at radius 2 is 2.25 bits per heavy atom. The van der Waals surface area contributed by atoms with Crippen molar-refractivity contribution in [3.63, 3.8) is 0 Å². The molecular weight excluding hydrogens is 211 g/mol. The van der Waals surface area contributed by atoms with Gasteiger partial charge in [-0.2, -0.15) is 0 Å². The van der Waals surface area contributed by atoms with Crippen molar-refractivity contribution in [1.29, 1.82) is 0 Å². The van der Waals surface area contributed by atoms with Crippen molar-refractivity contribution in [2.24, 2.45) is 5.92 Å². The molecule has 1 aliphatic rings. The van der Waals surface area contributed by atoms with Crippen LogP contribution in [0.25, 0.3) is 0 Å². The summed E-state index contributed by atoms with van der Waals surface area (Å²) in [6, 6.07) is 2.59. The van der Waals surface area contributed by atoms with E-state index in [-0.39, 0.29) is 11.3 Å². The fourth-order valence-corrected chi connectivity index (χ4v) is 1.55. The minimum atomic E-state index is -1.21. The molecule has 0 saturated heterocycles. The van der Waals surface area contributed by atoms with Gasteiger partial charge in [0.1, 0.15) is 11.4 Å². The lowest BCUT2D eigenvalue weighted by atomic mass is 10.1. The van der Waals surface area contributed by atoms with Gasteiger partial charge in [-0.05, 0) is 30.9 Å². The van der Waals surface area contributed by atoms with E-state index in [1.165, 1.54) is 12.1 Å². The minimum absolute atomic E-state index is 0.180. The van der Waals surface area contributed by atoms with Crippen molar-refractivity contribution in [2.75, 3.05) is 17.6 Å². The van der Waals surface area contributed by atoms with Crippen LogP contribution in [0.15, 0.2) is 12.1 Å². The van der Waals surface area contributed by atoms with Crippen LogP contribution in [0.3, 0.4) is 0 Å². The highest BCUT2D eigenvalue weighted by molar-refractivity contribution is 6.00. The number of halogens is 1. The number of carboxylic acid groups (broad SMARTS) is 1. The largest absolute Gasteiger partial charge is 0.478 e. The quantitative estimate of drug-likeness (QED) is 0.683. The minimum Gasteiger partial charge on any atom is -0.478 e. The van der Waals surface area contributed by atoms with E-state index in [9.17, 15) is 9.18 Å². The Labute approximate surface area is 92.3 Å². The highest BCUT2D eigenvalue weighted by Crippen LogP contribution is 2.31. The van der Waals surface area contributed by atoms with Crippen LogP contribution in [-0.4, -0.2) is 17.6 Å². The second kappa shape index (κ2) is 4.00. The van der Waals surface area contributed by atoms with E-state index in [0.29, 0.717) is 18.2 Å². The fraction of sp³-hybridized carbons (Fsp3) is 0.364. The molecule has 1 aliphatic carbocycles. The first-order valence-corrected chi connectivity index (χ1v) is 5.14. The molecule has 2 rings (SSSR count). The molecule has 1 fully saturated rings. The molecule has 0 aliphatic heterocycles. The Kier molecular flexibility index (Phi) is 2.68. The van der Waals surface area contributed by atoms with Crippen molar-refractivity contribution in [2.45, 2.75) is 12.8 Å². The monoisotopic (exact) mass is 224 g/mol. The normalized spacial score (nSPS) is 14.8. The van der Waals surface area contributed by atoms with Crippen LogP contribution in [0, 0.1) is 11.7 Å². The van der Waals surface area contributed by atoms with Gasteiger partial charge >= 0.3 is 5.97 Å².